The Kier molecular flexibility index (Phi) is 5.26. The largest absolute Gasteiger partial charge is 0.304 e. The number of halogens is 1. The lowest BCUT2D eigenvalue weighted by Gasteiger charge is -2.33. The summed E-state index contributed by atoms with van der Waals surface area (Å²) in [5, 5.41) is 0.659. The maximum atomic E-state index is 14.0. The van der Waals surface area contributed by atoms with Crippen LogP contribution < -0.4 is 9.80 Å². The van der Waals surface area contributed by atoms with E-state index in [0.29, 0.717) is 17.5 Å². The van der Waals surface area contributed by atoms with Gasteiger partial charge in [0.15, 0.2) is 0 Å². The number of carbonyl (C=O) groups is 2. The summed E-state index contributed by atoms with van der Waals surface area (Å²) in [6.07, 6.45) is 0. The molecule has 3 aromatic rings. The Labute approximate surface area is 197 Å². The van der Waals surface area contributed by atoms with Crippen LogP contribution in [-0.4, -0.2) is 17.6 Å². The van der Waals surface area contributed by atoms with Gasteiger partial charge in [0.1, 0.15) is 0 Å². The van der Waals surface area contributed by atoms with Crippen molar-refractivity contribution in [3.05, 3.63) is 94.5 Å². The molecule has 1 atom stereocenters. The average Bonchev–Trinajstić information content (AvgIpc) is 3.26. The second-order valence-corrected chi connectivity index (χ2v) is 10.0. The third kappa shape index (κ3) is 3.23. The van der Waals surface area contributed by atoms with Gasteiger partial charge in [-0.15, -0.1) is 11.8 Å². The van der Waals surface area contributed by atoms with Crippen molar-refractivity contribution in [2.75, 3.05) is 15.6 Å². The minimum atomic E-state index is -1.08. The van der Waals surface area contributed by atoms with Crippen LogP contribution >= 0.6 is 23.4 Å². The van der Waals surface area contributed by atoms with Crippen molar-refractivity contribution in [1.29, 1.82) is 0 Å². The number of carbonyl (C=O) groups excluding carboxylic acids is 2. The standard InChI is InChI=1S/C26H23ClN2O2S/c1-17(2)19-9-13-21(14-10-19)29-24(30)16-32-26(29)22-5-3-4-6-23(22)28(25(26)31)15-18-7-11-20(27)12-8-18/h3-14,17H,15-16H2,1-2H3/t26-/m1/s1. The second-order valence-electron chi connectivity index (χ2n) is 8.44. The van der Waals surface area contributed by atoms with Crippen molar-refractivity contribution in [2.45, 2.75) is 31.2 Å². The Morgan fingerprint density at radius 1 is 0.969 bits per heavy atom. The number of thioether (sulfide) groups is 1. The van der Waals surface area contributed by atoms with Crippen molar-refractivity contribution in [3.8, 4) is 0 Å². The average molecular weight is 463 g/mol. The van der Waals surface area contributed by atoms with Crippen LogP contribution in [-0.2, 0) is 21.0 Å². The lowest BCUT2D eigenvalue weighted by molar-refractivity contribution is -0.123. The van der Waals surface area contributed by atoms with Crippen molar-refractivity contribution < 1.29 is 9.59 Å². The number of hydrogen-bond acceptors (Lipinski definition) is 3. The van der Waals surface area contributed by atoms with E-state index in [0.717, 1.165) is 22.5 Å². The van der Waals surface area contributed by atoms with Gasteiger partial charge >= 0.3 is 0 Å². The molecule has 0 unspecified atom stereocenters. The summed E-state index contributed by atoms with van der Waals surface area (Å²) in [7, 11) is 0. The van der Waals surface area contributed by atoms with Crippen LogP contribution in [0.2, 0.25) is 5.02 Å². The zero-order chi connectivity index (χ0) is 22.5. The van der Waals surface area contributed by atoms with Crippen LogP contribution in [0.15, 0.2) is 72.8 Å². The van der Waals surface area contributed by atoms with Gasteiger partial charge in [-0.1, -0.05) is 67.9 Å². The molecule has 1 spiro atoms. The molecule has 0 N–H and O–H groups in total. The fraction of sp³-hybridized carbons (Fsp3) is 0.231. The lowest BCUT2D eigenvalue weighted by Crippen LogP contribution is -2.49. The number of amides is 2. The van der Waals surface area contributed by atoms with Crippen LogP contribution in [0.25, 0.3) is 0 Å². The molecule has 1 saturated heterocycles. The topological polar surface area (TPSA) is 40.6 Å². The minimum absolute atomic E-state index is 0.0520. The van der Waals surface area contributed by atoms with Gasteiger partial charge < -0.3 is 4.90 Å². The third-order valence-corrected chi connectivity index (χ3v) is 7.77. The first-order chi connectivity index (χ1) is 15.4. The van der Waals surface area contributed by atoms with Gasteiger partial charge in [0.05, 0.1) is 18.0 Å². The summed E-state index contributed by atoms with van der Waals surface area (Å²) in [6, 6.07) is 23.3. The van der Waals surface area contributed by atoms with E-state index >= 15 is 0 Å². The Morgan fingerprint density at radius 2 is 1.66 bits per heavy atom. The highest BCUT2D eigenvalue weighted by Gasteiger charge is 2.60. The molecule has 2 heterocycles. The molecule has 2 amide bonds. The molecular formula is C26H23ClN2O2S. The monoisotopic (exact) mass is 462 g/mol. The summed E-state index contributed by atoms with van der Waals surface area (Å²) in [4.78, 5) is 29.6. The Balaban J connectivity index is 1.60. The third-order valence-electron chi connectivity index (χ3n) is 6.14. The molecule has 162 valence electrons. The van der Waals surface area contributed by atoms with Gasteiger partial charge in [-0.25, -0.2) is 0 Å². The van der Waals surface area contributed by atoms with Gasteiger partial charge in [-0.05, 0) is 47.4 Å². The van der Waals surface area contributed by atoms with Crippen molar-refractivity contribution in [2.24, 2.45) is 0 Å². The number of benzene rings is 3. The van der Waals surface area contributed by atoms with E-state index in [9.17, 15) is 9.59 Å². The summed E-state index contributed by atoms with van der Waals surface area (Å²) < 4.78 is 0. The van der Waals surface area contributed by atoms with Crippen molar-refractivity contribution >= 4 is 46.6 Å². The number of anilines is 2. The molecule has 0 saturated carbocycles. The normalized spacial score (nSPS) is 20.0. The Hall–Kier alpha value is -2.76. The molecule has 6 heteroatoms. The summed E-state index contributed by atoms with van der Waals surface area (Å²) in [6.45, 7) is 4.70. The number of rotatable bonds is 4. The molecule has 2 aliphatic heterocycles. The minimum Gasteiger partial charge on any atom is -0.304 e. The highest BCUT2D eigenvalue weighted by atomic mass is 35.5. The fourth-order valence-electron chi connectivity index (χ4n) is 4.49. The molecule has 4 nitrogen and oxygen atoms in total. The summed E-state index contributed by atoms with van der Waals surface area (Å²) >= 11 is 7.45. The van der Waals surface area contributed by atoms with Gasteiger partial charge in [0.25, 0.3) is 5.91 Å². The first-order valence-corrected chi connectivity index (χ1v) is 12.0. The molecule has 0 aliphatic carbocycles. The van der Waals surface area contributed by atoms with E-state index in [1.54, 1.807) is 9.80 Å². The van der Waals surface area contributed by atoms with Crippen LogP contribution in [0.5, 0.6) is 0 Å². The number of hydrogen-bond donors (Lipinski definition) is 0. The highest BCUT2D eigenvalue weighted by Crippen LogP contribution is 2.56. The summed E-state index contributed by atoms with van der Waals surface area (Å²) in [5.74, 6) is 0.521. The van der Waals surface area contributed by atoms with Crippen LogP contribution in [0.3, 0.4) is 0 Å². The van der Waals surface area contributed by atoms with Crippen LogP contribution in [0.1, 0.15) is 36.5 Å². The van der Waals surface area contributed by atoms with Crippen molar-refractivity contribution in [1.82, 2.24) is 0 Å². The predicted molar refractivity (Wildman–Crippen MR) is 131 cm³/mol. The van der Waals surface area contributed by atoms with Crippen molar-refractivity contribution in [3.63, 3.8) is 0 Å². The first-order valence-electron chi connectivity index (χ1n) is 10.6. The molecular weight excluding hydrogens is 440 g/mol. The smallest absolute Gasteiger partial charge is 0.269 e. The number of fused-ring (bicyclic) bond motifs is 2. The molecule has 1 fully saturated rings. The molecule has 0 bridgehead atoms. The SMILES string of the molecule is CC(C)c1ccc(N2C(=O)CS[C@]23C(=O)N(Cc2ccc(Cl)cc2)c2ccccc23)cc1. The molecule has 5 rings (SSSR count). The highest BCUT2D eigenvalue weighted by molar-refractivity contribution is 8.02. The number of para-hydroxylation sites is 1. The maximum Gasteiger partial charge on any atom is 0.269 e. The van der Waals surface area contributed by atoms with Gasteiger partial charge in [0.2, 0.25) is 10.8 Å². The van der Waals surface area contributed by atoms with E-state index < -0.39 is 4.87 Å². The predicted octanol–water partition coefficient (Wildman–Crippen LogP) is 5.94. The van der Waals surface area contributed by atoms with E-state index in [2.05, 4.69) is 13.8 Å². The van der Waals surface area contributed by atoms with E-state index in [1.165, 1.54) is 17.3 Å². The zero-order valence-corrected chi connectivity index (χ0v) is 19.5. The molecule has 0 aromatic heterocycles. The van der Waals surface area contributed by atoms with Gasteiger partial charge in [-0.2, -0.15) is 0 Å². The molecule has 32 heavy (non-hydrogen) atoms. The van der Waals surface area contributed by atoms with Crippen LogP contribution in [0, 0.1) is 0 Å². The lowest BCUT2D eigenvalue weighted by atomic mass is 10.0. The first kappa shape index (κ1) is 21.1. The maximum absolute atomic E-state index is 14.0. The quantitative estimate of drug-likeness (QED) is 0.481. The Morgan fingerprint density at radius 3 is 2.34 bits per heavy atom. The molecule has 0 radical (unpaired) electrons. The van der Waals surface area contributed by atoms with E-state index in [1.807, 2.05) is 72.8 Å². The Bertz CT molecular complexity index is 1190. The fourth-order valence-corrected chi connectivity index (χ4v) is 5.98. The molecule has 3 aromatic carbocycles. The van der Waals surface area contributed by atoms with E-state index in [-0.39, 0.29) is 17.6 Å². The molecule has 2 aliphatic rings. The van der Waals surface area contributed by atoms with Gasteiger partial charge in [0, 0.05) is 16.3 Å². The number of nitrogens with zero attached hydrogens (tertiary/aromatic N) is 2. The summed E-state index contributed by atoms with van der Waals surface area (Å²) in [5.41, 5.74) is 4.64. The van der Waals surface area contributed by atoms with Gasteiger partial charge in [-0.3, -0.25) is 14.5 Å². The van der Waals surface area contributed by atoms with E-state index in [4.69, 9.17) is 11.6 Å². The van der Waals surface area contributed by atoms with Crippen LogP contribution in [0.4, 0.5) is 11.4 Å². The second kappa shape index (κ2) is 7.98. The zero-order valence-electron chi connectivity index (χ0n) is 17.9.